The Labute approximate surface area is 204 Å². The molecule has 0 fully saturated rings. The van der Waals surface area contributed by atoms with E-state index in [0.717, 1.165) is 0 Å². The topological polar surface area (TPSA) is 104 Å². The van der Waals surface area contributed by atoms with Gasteiger partial charge in [-0.25, -0.2) is 5.01 Å². The molecule has 0 saturated heterocycles. The minimum absolute atomic E-state index is 0.00457. The lowest BCUT2D eigenvalue weighted by atomic mass is 9.90. The quantitative estimate of drug-likeness (QED) is 0.446. The maximum absolute atomic E-state index is 13.6. The predicted octanol–water partition coefficient (Wildman–Crippen LogP) is 2.56. The van der Waals surface area contributed by atoms with Crippen LogP contribution in [0.25, 0.3) is 0 Å². The Morgan fingerprint density at radius 1 is 1.12 bits per heavy atom. The second-order valence-electron chi connectivity index (χ2n) is 9.77. The van der Waals surface area contributed by atoms with Crippen molar-refractivity contribution in [1.82, 2.24) is 19.9 Å². The number of carbonyl (C=O) groups is 3. The van der Waals surface area contributed by atoms with Crippen LogP contribution in [0, 0.1) is 11.8 Å². The molecule has 1 aromatic heterocycles. The molecule has 0 saturated carbocycles. The van der Waals surface area contributed by atoms with E-state index in [-0.39, 0.29) is 36.5 Å². The maximum atomic E-state index is 13.6. The number of likely N-dealkylation sites (N-methyl/N-ethyl adjacent to an activating group) is 1. The zero-order chi connectivity index (χ0) is 26.2. The van der Waals surface area contributed by atoms with Crippen molar-refractivity contribution in [3.8, 4) is 0 Å². The second kappa shape index (κ2) is 13.0. The standard InChI is InChI=1S/C25H44N4O5/c1-10-18(5)22(19(34-9)16-20(30)28-14-12-13-15-28)29(24(32)25(6,33)11-2)26-23(31)21(17(3)4)27(7)8/h12-15,17-19,21-22,33H,10-11,16H2,1-9H3,(H,26,31)/t18-,19+,21-,22-,25-/m0/s1. The minimum atomic E-state index is -1.70. The Bertz CT molecular complexity index is 783. The van der Waals surface area contributed by atoms with E-state index in [2.05, 4.69) is 5.43 Å². The third kappa shape index (κ3) is 7.38. The Morgan fingerprint density at radius 2 is 1.68 bits per heavy atom. The number of aromatic nitrogens is 1. The molecule has 9 nitrogen and oxygen atoms in total. The summed E-state index contributed by atoms with van der Waals surface area (Å²) in [5.74, 6) is -1.35. The number of hydrogen-bond donors (Lipinski definition) is 2. The van der Waals surface area contributed by atoms with Crippen molar-refractivity contribution >= 4 is 17.7 Å². The van der Waals surface area contributed by atoms with Crippen molar-refractivity contribution in [3.63, 3.8) is 0 Å². The monoisotopic (exact) mass is 480 g/mol. The summed E-state index contributed by atoms with van der Waals surface area (Å²) < 4.78 is 7.21. The fourth-order valence-corrected chi connectivity index (χ4v) is 4.14. The highest BCUT2D eigenvalue weighted by atomic mass is 16.5. The molecule has 0 aliphatic rings. The Kier molecular flexibility index (Phi) is 11.4. The molecular formula is C25H44N4O5. The van der Waals surface area contributed by atoms with Gasteiger partial charge in [-0.3, -0.25) is 29.3 Å². The zero-order valence-corrected chi connectivity index (χ0v) is 22.2. The molecule has 34 heavy (non-hydrogen) atoms. The first-order valence-electron chi connectivity index (χ1n) is 12.0. The van der Waals surface area contributed by atoms with E-state index in [1.165, 1.54) is 23.6 Å². The predicted molar refractivity (Wildman–Crippen MR) is 132 cm³/mol. The van der Waals surface area contributed by atoms with Crippen LogP contribution in [0.3, 0.4) is 0 Å². The number of aliphatic hydroxyl groups is 1. The van der Waals surface area contributed by atoms with E-state index in [4.69, 9.17) is 4.74 Å². The van der Waals surface area contributed by atoms with Gasteiger partial charge in [0, 0.05) is 19.5 Å². The molecule has 0 aromatic carbocycles. The van der Waals surface area contributed by atoms with Crippen molar-refractivity contribution in [2.75, 3.05) is 21.2 Å². The average Bonchev–Trinajstić information content (AvgIpc) is 3.31. The van der Waals surface area contributed by atoms with Crippen LogP contribution in [-0.2, 0) is 14.3 Å². The van der Waals surface area contributed by atoms with Gasteiger partial charge in [-0.1, -0.05) is 41.0 Å². The molecule has 0 bridgehead atoms. The summed E-state index contributed by atoms with van der Waals surface area (Å²) in [6.07, 6.45) is 3.42. The van der Waals surface area contributed by atoms with Crippen molar-refractivity contribution in [2.24, 2.45) is 11.8 Å². The summed E-state index contributed by atoms with van der Waals surface area (Å²) in [6, 6.07) is 2.34. The van der Waals surface area contributed by atoms with Gasteiger partial charge in [0.25, 0.3) is 11.8 Å². The molecule has 0 spiro atoms. The largest absolute Gasteiger partial charge is 0.380 e. The molecule has 1 heterocycles. The normalized spacial score (nSPS) is 17.1. The Morgan fingerprint density at radius 3 is 2.09 bits per heavy atom. The third-order valence-electron chi connectivity index (χ3n) is 6.53. The van der Waals surface area contributed by atoms with Crippen LogP contribution in [0.4, 0.5) is 0 Å². The van der Waals surface area contributed by atoms with E-state index in [9.17, 15) is 19.5 Å². The molecule has 1 rings (SSSR count). The molecule has 0 aliphatic carbocycles. The summed E-state index contributed by atoms with van der Waals surface area (Å²) in [6.45, 7) is 10.9. The van der Waals surface area contributed by atoms with Crippen LogP contribution < -0.4 is 5.43 Å². The van der Waals surface area contributed by atoms with Gasteiger partial charge in [-0.2, -0.15) is 0 Å². The number of hydrazine groups is 1. The second-order valence-corrected chi connectivity index (χ2v) is 9.77. The van der Waals surface area contributed by atoms with Gasteiger partial charge in [-0.05, 0) is 51.4 Å². The molecular weight excluding hydrogens is 436 g/mol. The minimum Gasteiger partial charge on any atom is -0.380 e. The van der Waals surface area contributed by atoms with Crippen LogP contribution >= 0.6 is 0 Å². The van der Waals surface area contributed by atoms with Crippen molar-refractivity contribution in [3.05, 3.63) is 24.5 Å². The molecule has 2 amide bonds. The smallest absolute Gasteiger partial charge is 0.272 e. The van der Waals surface area contributed by atoms with Crippen molar-refractivity contribution in [2.45, 2.75) is 84.6 Å². The fourth-order valence-electron chi connectivity index (χ4n) is 4.14. The van der Waals surface area contributed by atoms with Crippen molar-refractivity contribution < 1.29 is 24.2 Å². The van der Waals surface area contributed by atoms with Gasteiger partial charge in [-0.15, -0.1) is 0 Å². The fraction of sp³-hybridized carbons (Fsp3) is 0.720. The average molecular weight is 481 g/mol. The van der Waals surface area contributed by atoms with E-state index in [1.807, 2.05) is 27.7 Å². The number of nitrogens with zero attached hydrogens (tertiary/aromatic N) is 3. The van der Waals surface area contributed by atoms with Gasteiger partial charge in [0.15, 0.2) is 0 Å². The third-order valence-corrected chi connectivity index (χ3v) is 6.53. The maximum Gasteiger partial charge on any atom is 0.272 e. The van der Waals surface area contributed by atoms with E-state index in [1.54, 1.807) is 50.4 Å². The zero-order valence-electron chi connectivity index (χ0n) is 22.2. The number of hydrogen-bond acceptors (Lipinski definition) is 6. The molecule has 5 atom stereocenters. The number of methoxy groups -OCH3 is 1. The van der Waals surface area contributed by atoms with Gasteiger partial charge < -0.3 is 9.84 Å². The van der Waals surface area contributed by atoms with E-state index >= 15 is 0 Å². The van der Waals surface area contributed by atoms with Crippen LogP contribution in [0.5, 0.6) is 0 Å². The first-order valence-corrected chi connectivity index (χ1v) is 12.0. The van der Waals surface area contributed by atoms with Crippen LogP contribution in [0.15, 0.2) is 24.5 Å². The van der Waals surface area contributed by atoms with Gasteiger partial charge >= 0.3 is 0 Å². The molecule has 9 heteroatoms. The molecule has 0 radical (unpaired) electrons. The molecule has 1 aromatic rings. The Balaban J connectivity index is 3.48. The van der Waals surface area contributed by atoms with Crippen molar-refractivity contribution in [1.29, 1.82) is 0 Å². The lowest BCUT2D eigenvalue weighted by molar-refractivity contribution is -0.167. The molecule has 0 aliphatic heterocycles. The lowest BCUT2D eigenvalue weighted by Gasteiger charge is -2.43. The Hall–Kier alpha value is -2.23. The number of rotatable bonds is 12. The van der Waals surface area contributed by atoms with Gasteiger partial charge in [0.05, 0.1) is 24.6 Å². The molecule has 0 unspecified atom stereocenters. The molecule has 194 valence electrons. The number of ether oxygens (including phenoxy) is 1. The van der Waals surface area contributed by atoms with Gasteiger partial charge in [0.1, 0.15) is 5.60 Å². The highest BCUT2D eigenvalue weighted by molar-refractivity contribution is 5.89. The summed E-state index contributed by atoms with van der Waals surface area (Å²) in [5.41, 5.74) is 1.10. The van der Waals surface area contributed by atoms with Crippen LogP contribution in [0.2, 0.25) is 0 Å². The lowest BCUT2D eigenvalue weighted by Crippen LogP contribution is -2.65. The summed E-state index contributed by atoms with van der Waals surface area (Å²) in [4.78, 5) is 41.6. The van der Waals surface area contributed by atoms with Crippen LogP contribution in [-0.4, -0.2) is 82.3 Å². The first kappa shape index (κ1) is 29.8. The molecule has 2 N–H and O–H groups in total. The summed E-state index contributed by atoms with van der Waals surface area (Å²) >= 11 is 0. The van der Waals surface area contributed by atoms with Gasteiger partial charge in [0.2, 0.25) is 5.91 Å². The summed E-state index contributed by atoms with van der Waals surface area (Å²) in [7, 11) is 5.10. The van der Waals surface area contributed by atoms with E-state index in [0.29, 0.717) is 6.42 Å². The SMILES string of the molecule is CC[C@H](C)[C@@H]([C@@H](CC(=O)n1cccc1)OC)N(NC(=O)[C@H](C(C)C)N(C)C)C(=O)[C@@](C)(O)CC. The van der Waals surface area contributed by atoms with Crippen LogP contribution in [0.1, 0.15) is 65.6 Å². The summed E-state index contributed by atoms with van der Waals surface area (Å²) in [5, 5.41) is 12.1. The van der Waals surface area contributed by atoms with E-state index < -0.39 is 29.7 Å². The highest BCUT2D eigenvalue weighted by Gasteiger charge is 2.43. The number of amides is 2. The first-order chi connectivity index (χ1) is 15.8. The number of carbonyl (C=O) groups excluding carboxylic acids is 3. The number of nitrogens with one attached hydrogen (secondary N) is 1. The highest BCUT2D eigenvalue weighted by Crippen LogP contribution is 2.25.